The Morgan fingerprint density at radius 1 is 1.13 bits per heavy atom. The molecule has 4 N–H and O–H groups in total. The SMILES string of the molecule is CCOC(=O)c1c(N)sc2c1C1=C(CC2)Nc2c(N=Nc3ccccc3)c(=O)[nH]n2C1c1ccc(OC)cc1. The van der Waals surface area contributed by atoms with Crippen molar-refractivity contribution in [3.05, 3.63) is 92.2 Å². The molecular formula is C28H26N6O4S. The topological polar surface area (TPSA) is 136 Å². The van der Waals surface area contributed by atoms with E-state index < -0.39 is 12.0 Å². The van der Waals surface area contributed by atoms with Crippen molar-refractivity contribution < 1.29 is 14.3 Å². The number of benzene rings is 2. The lowest BCUT2D eigenvalue weighted by Gasteiger charge is -2.35. The van der Waals surface area contributed by atoms with Crippen LogP contribution >= 0.6 is 11.3 Å². The van der Waals surface area contributed by atoms with Gasteiger partial charge in [-0.2, -0.15) is 5.11 Å². The highest BCUT2D eigenvalue weighted by molar-refractivity contribution is 7.16. The van der Waals surface area contributed by atoms with E-state index in [0.29, 0.717) is 40.7 Å². The molecule has 1 aliphatic carbocycles. The molecule has 2 aromatic carbocycles. The zero-order valence-electron chi connectivity index (χ0n) is 21.4. The number of allylic oxidation sites excluding steroid dienone is 2. The second-order valence-corrected chi connectivity index (χ2v) is 10.2. The number of H-pyrrole nitrogens is 1. The number of aryl methyl sites for hydroxylation is 1. The number of nitrogens with one attached hydrogen (secondary N) is 2. The Morgan fingerprint density at radius 3 is 2.62 bits per heavy atom. The lowest BCUT2D eigenvalue weighted by molar-refractivity contribution is 0.0527. The summed E-state index contributed by atoms with van der Waals surface area (Å²) in [4.78, 5) is 27.3. The third kappa shape index (κ3) is 4.20. The number of nitrogens with zero attached hydrogens (tertiary/aromatic N) is 3. The van der Waals surface area contributed by atoms with Gasteiger partial charge in [-0.15, -0.1) is 16.5 Å². The summed E-state index contributed by atoms with van der Waals surface area (Å²) in [6.07, 6.45) is 1.37. The van der Waals surface area contributed by atoms with E-state index in [0.717, 1.165) is 27.3 Å². The number of rotatable bonds is 6. The molecule has 11 heteroatoms. The predicted octanol–water partition coefficient (Wildman–Crippen LogP) is 5.79. The van der Waals surface area contributed by atoms with Gasteiger partial charge in [-0.3, -0.25) is 14.6 Å². The van der Waals surface area contributed by atoms with Crippen molar-refractivity contribution in [2.75, 3.05) is 24.8 Å². The summed E-state index contributed by atoms with van der Waals surface area (Å²) in [6, 6.07) is 16.4. The number of hydrogen-bond donors (Lipinski definition) is 3. The number of ether oxygens (including phenoxy) is 2. The van der Waals surface area contributed by atoms with Crippen molar-refractivity contribution in [1.29, 1.82) is 0 Å². The fourth-order valence-corrected chi connectivity index (χ4v) is 6.21. The molecule has 1 atom stereocenters. The molecule has 0 fully saturated rings. The lowest BCUT2D eigenvalue weighted by atomic mass is 9.83. The number of nitrogens with two attached hydrogens (primary N) is 1. The van der Waals surface area contributed by atoms with E-state index in [1.807, 2.05) is 54.6 Å². The standard InChI is InChI=1S/C28H26N6O4S/c1-3-38-28(36)22-21-19(39-25(22)29)14-13-18-20(21)24(15-9-11-17(37-2)12-10-15)34-26(30-18)23(27(35)33-34)32-31-16-7-5-4-6-8-16/h4-12,24,30H,3,13-14,29H2,1-2H3,(H,33,35). The van der Waals surface area contributed by atoms with E-state index in [9.17, 15) is 9.59 Å². The summed E-state index contributed by atoms with van der Waals surface area (Å²) in [7, 11) is 1.61. The quantitative estimate of drug-likeness (QED) is 0.208. The van der Waals surface area contributed by atoms with Crippen LogP contribution in [0.4, 0.5) is 22.2 Å². The van der Waals surface area contributed by atoms with Gasteiger partial charge in [-0.05, 0) is 49.6 Å². The average Bonchev–Trinajstić information content (AvgIpc) is 3.46. The van der Waals surface area contributed by atoms with E-state index in [1.165, 1.54) is 11.3 Å². The number of carbonyl (C=O) groups excluding carboxylic acids is 1. The van der Waals surface area contributed by atoms with Crippen molar-refractivity contribution >= 4 is 45.1 Å². The number of nitrogen functional groups attached to an aromatic ring is 1. The predicted molar refractivity (Wildman–Crippen MR) is 150 cm³/mol. The minimum atomic E-state index is -0.475. The minimum absolute atomic E-state index is 0.171. The van der Waals surface area contributed by atoms with Gasteiger partial charge < -0.3 is 20.5 Å². The first-order chi connectivity index (χ1) is 19.0. The van der Waals surface area contributed by atoms with Crippen LogP contribution in [0.15, 0.2) is 75.3 Å². The molecule has 1 aliphatic heterocycles. The number of aromatic amines is 1. The number of azo groups is 1. The molecule has 1 unspecified atom stereocenters. The lowest BCUT2D eigenvalue weighted by Crippen LogP contribution is -2.28. The van der Waals surface area contributed by atoms with Gasteiger partial charge in [-0.25, -0.2) is 4.79 Å². The molecule has 0 saturated carbocycles. The molecule has 39 heavy (non-hydrogen) atoms. The number of fused-ring (bicyclic) bond motifs is 3. The Morgan fingerprint density at radius 2 is 1.90 bits per heavy atom. The van der Waals surface area contributed by atoms with Gasteiger partial charge in [0.15, 0.2) is 11.5 Å². The fourth-order valence-electron chi connectivity index (χ4n) is 5.14. The van der Waals surface area contributed by atoms with Gasteiger partial charge in [0.1, 0.15) is 22.4 Å². The van der Waals surface area contributed by atoms with Gasteiger partial charge in [0.25, 0.3) is 5.56 Å². The highest BCUT2D eigenvalue weighted by Gasteiger charge is 2.40. The smallest absolute Gasteiger partial charge is 0.341 e. The average molecular weight is 543 g/mol. The van der Waals surface area contributed by atoms with Crippen molar-refractivity contribution in [3.8, 4) is 5.75 Å². The van der Waals surface area contributed by atoms with Crippen LogP contribution in [0.25, 0.3) is 5.57 Å². The molecule has 198 valence electrons. The Bertz CT molecular complexity index is 1680. The third-order valence-electron chi connectivity index (χ3n) is 6.84. The Labute approximate surface area is 227 Å². The van der Waals surface area contributed by atoms with E-state index in [4.69, 9.17) is 15.2 Å². The second kappa shape index (κ2) is 9.91. The maximum Gasteiger partial charge on any atom is 0.341 e. The van der Waals surface area contributed by atoms with Crippen LogP contribution < -0.4 is 21.3 Å². The number of anilines is 2. The maximum absolute atomic E-state index is 13.2. The first-order valence-electron chi connectivity index (χ1n) is 12.5. The van der Waals surface area contributed by atoms with Gasteiger partial charge in [0.2, 0.25) is 0 Å². The number of methoxy groups -OCH3 is 1. The zero-order chi connectivity index (χ0) is 27.1. The highest BCUT2D eigenvalue weighted by Crippen LogP contribution is 2.51. The van der Waals surface area contributed by atoms with Crippen molar-refractivity contribution in [2.45, 2.75) is 25.8 Å². The molecule has 0 spiro atoms. The van der Waals surface area contributed by atoms with Gasteiger partial charge >= 0.3 is 5.97 Å². The molecule has 6 rings (SSSR count). The summed E-state index contributed by atoms with van der Waals surface area (Å²) in [5.41, 5.74) is 10.6. The van der Waals surface area contributed by atoms with Crippen LogP contribution in [-0.4, -0.2) is 29.5 Å². The summed E-state index contributed by atoms with van der Waals surface area (Å²) in [6.45, 7) is 2.00. The molecule has 0 radical (unpaired) electrons. The van der Waals surface area contributed by atoms with E-state index >= 15 is 0 Å². The van der Waals surface area contributed by atoms with Crippen LogP contribution in [-0.2, 0) is 11.2 Å². The van der Waals surface area contributed by atoms with Crippen LogP contribution in [0.1, 0.15) is 45.7 Å². The second-order valence-electron chi connectivity index (χ2n) is 9.10. The Balaban J connectivity index is 1.55. The van der Waals surface area contributed by atoms with Gasteiger partial charge in [-0.1, -0.05) is 30.3 Å². The van der Waals surface area contributed by atoms with Gasteiger partial charge in [0, 0.05) is 21.7 Å². The van der Waals surface area contributed by atoms with Gasteiger partial charge in [0.05, 0.1) is 19.4 Å². The Hall–Kier alpha value is -4.64. The monoisotopic (exact) mass is 542 g/mol. The molecule has 2 aromatic heterocycles. The minimum Gasteiger partial charge on any atom is -0.497 e. The zero-order valence-corrected chi connectivity index (χ0v) is 22.2. The molecular weight excluding hydrogens is 516 g/mol. The molecule has 10 nitrogen and oxygen atoms in total. The summed E-state index contributed by atoms with van der Waals surface area (Å²) >= 11 is 1.41. The summed E-state index contributed by atoms with van der Waals surface area (Å²) in [5.74, 6) is 0.749. The van der Waals surface area contributed by atoms with Crippen molar-refractivity contribution in [3.63, 3.8) is 0 Å². The number of carbonyl (C=O) groups is 1. The highest BCUT2D eigenvalue weighted by atomic mass is 32.1. The normalized spacial score (nSPS) is 15.9. The molecule has 2 aliphatic rings. The molecule has 0 bridgehead atoms. The third-order valence-corrected chi connectivity index (χ3v) is 7.92. The van der Waals surface area contributed by atoms with E-state index in [-0.39, 0.29) is 17.9 Å². The maximum atomic E-state index is 13.2. The summed E-state index contributed by atoms with van der Waals surface area (Å²) in [5, 5.41) is 15.4. The molecule has 0 amide bonds. The van der Waals surface area contributed by atoms with Crippen LogP contribution in [0.3, 0.4) is 0 Å². The fraction of sp³-hybridized carbons (Fsp3) is 0.214. The van der Waals surface area contributed by atoms with Crippen LogP contribution in [0.5, 0.6) is 5.75 Å². The van der Waals surface area contributed by atoms with Crippen molar-refractivity contribution in [1.82, 2.24) is 9.78 Å². The molecule has 4 aromatic rings. The van der Waals surface area contributed by atoms with Crippen LogP contribution in [0, 0.1) is 0 Å². The Kier molecular flexibility index (Phi) is 6.27. The molecule has 0 saturated heterocycles. The van der Waals surface area contributed by atoms with E-state index in [1.54, 1.807) is 18.7 Å². The number of esters is 1. The first-order valence-corrected chi connectivity index (χ1v) is 13.4. The number of aromatic nitrogens is 2. The number of hydrogen-bond acceptors (Lipinski definition) is 9. The number of thiophene rings is 1. The molecule has 3 heterocycles. The first kappa shape index (κ1) is 24.7. The largest absolute Gasteiger partial charge is 0.497 e. The van der Waals surface area contributed by atoms with E-state index in [2.05, 4.69) is 20.6 Å². The van der Waals surface area contributed by atoms with Crippen molar-refractivity contribution in [2.24, 2.45) is 10.2 Å². The van der Waals surface area contributed by atoms with Crippen LogP contribution in [0.2, 0.25) is 0 Å². The summed E-state index contributed by atoms with van der Waals surface area (Å²) < 4.78 is 12.5.